The molecule has 4 nitrogen and oxygen atoms in total. The standard InChI is InChI=1S/C16H22ClF3N4.HI/c1-12(16(18,19)20)23-7-9-24(10-8-23)15(21-2)22-11-13-5-3-4-6-14(13)17;/h3-6,12H,7-11H2,1-2H3,(H,21,22);1H. The molecule has 1 aliphatic heterocycles. The Balaban J connectivity index is 0.00000312. The molecule has 1 saturated heterocycles. The minimum Gasteiger partial charge on any atom is -0.352 e. The van der Waals surface area contributed by atoms with Crippen LogP contribution in [0.25, 0.3) is 0 Å². The maximum absolute atomic E-state index is 12.8. The first-order valence-corrected chi connectivity index (χ1v) is 8.20. The van der Waals surface area contributed by atoms with E-state index in [1.54, 1.807) is 7.05 Å². The van der Waals surface area contributed by atoms with Gasteiger partial charge in [-0.2, -0.15) is 13.2 Å². The second-order valence-electron chi connectivity index (χ2n) is 5.73. The number of halogens is 5. The van der Waals surface area contributed by atoms with Crippen molar-refractivity contribution < 1.29 is 13.2 Å². The van der Waals surface area contributed by atoms with Crippen LogP contribution in [0.4, 0.5) is 13.2 Å². The van der Waals surface area contributed by atoms with Gasteiger partial charge in [-0.25, -0.2) is 0 Å². The van der Waals surface area contributed by atoms with Gasteiger partial charge < -0.3 is 10.2 Å². The van der Waals surface area contributed by atoms with Crippen molar-refractivity contribution in [3.8, 4) is 0 Å². The zero-order valence-electron chi connectivity index (χ0n) is 14.2. The van der Waals surface area contributed by atoms with Crippen LogP contribution in [0.3, 0.4) is 0 Å². The maximum Gasteiger partial charge on any atom is 0.403 e. The molecule has 1 aromatic rings. The lowest BCUT2D eigenvalue weighted by atomic mass is 10.2. The summed E-state index contributed by atoms with van der Waals surface area (Å²) in [6.45, 7) is 3.44. The topological polar surface area (TPSA) is 30.9 Å². The maximum atomic E-state index is 12.8. The summed E-state index contributed by atoms with van der Waals surface area (Å²) in [5.41, 5.74) is 0.949. The first kappa shape index (κ1) is 22.3. The first-order chi connectivity index (χ1) is 11.3. The number of hydrogen-bond donors (Lipinski definition) is 1. The predicted molar refractivity (Wildman–Crippen MR) is 106 cm³/mol. The first-order valence-electron chi connectivity index (χ1n) is 7.82. The van der Waals surface area contributed by atoms with Gasteiger partial charge >= 0.3 is 6.18 Å². The molecule has 0 bridgehead atoms. The molecular weight excluding hydrogens is 468 g/mol. The highest BCUT2D eigenvalue weighted by Gasteiger charge is 2.41. The molecule has 25 heavy (non-hydrogen) atoms. The van der Waals surface area contributed by atoms with Crippen LogP contribution in [0, 0.1) is 0 Å². The van der Waals surface area contributed by atoms with E-state index in [2.05, 4.69) is 10.3 Å². The van der Waals surface area contributed by atoms with E-state index >= 15 is 0 Å². The van der Waals surface area contributed by atoms with E-state index in [9.17, 15) is 13.2 Å². The van der Waals surface area contributed by atoms with Crippen molar-refractivity contribution in [1.82, 2.24) is 15.1 Å². The van der Waals surface area contributed by atoms with Crippen LogP contribution < -0.4 is 5.32 Å². The molecule has 0 saturated carbocycles. The third kappa shape index (κ3) is 6.18. The van der Waals surface area contributed by atoms with Crippen molar-refractivity contribution in [2.75, 3.05) is 33.2 Å². The summed E-state index contributed by atoms with van der Waals surface area (Å²) < 4.78 is 38.4. The molecule has 0 amide bonds. The second-order valence-corrected chi connectivity index (χ2v) is 6.14. The molecule has 1 aromatic carbocycles. The van der Waals surface area contributed by atoms with Gasteiger partial charge in [-0.1, -0.05) is 29.8 Å². The lowest BCUT2D eigenvalue weighted by Crippen LogP contribution is -2.56. The summed E-state index contributed by atoms with van der Waals surface area (Å²) in [5, 5.41) is 3.89. The summed E-state index contributed by atoms with van der Waals surface area (Å²) >= 11 is 6.13. The monoisotopic (exact) mass is 490 g/mol. The zero-order chi connectivity index (χ0) is 17.7. The lowest BCUT2D eigenvalue weighted by molar-refractivity contribution is -0.181. The van der Waals surface area contributed by atoms with Crippen LogP contribution in [-0.2, 0) is 6.54 Å². The largest absolute Gasteiger partial charge is 0.403 e. The Kier molecular flexibility index (Phi) is 8.76. The van der Waals surface area contributed by atoms with Gasteiger partial charge in [0, 0.05) is 44.8 Å². The van der Waals surface area contributed by atoms with E-state index in [1.807, 2.05) is 29.2 Å². The van der Waals surface area contributed by atoms with Crippen LogP contribution >= 0.6 is 35.6 Å². The van der Waals surface area contributed by atoms with Crippen LogP contribution in [0.1, 0.15) is 12.5 Å². The Morgan fingerprint density at radius 3 is 2.36 bits per heavy atom. The molecule has 1 unspecified atom stereocenters. The zero-order valence-corrected chi connectivity index (χ0v) is 17.3. The molecule has 142 valence electrons. The molecule has 1 aliphatic rings. The minimum atomic E-state index is -4.19. The van der Waals surface area contributed by atoms with Gasteiger partial charge in [-0.05, 0) is 18.6 Å². The fraction of sp³-hybridized carbons (Fsp3) is 0.562. The lowest BCUT2D eigenvalue weighted by Gasteiger charge is -2.39. The summed E-state index contributed by atoms with van der Waals surface area (Å²) in [6, 6.07) is 6.09. The molecule has 9 heteroatoms. The number of aliphatic imine (C=N–C) groups is 1. The number of rotatable bonds is 3. The van der Waals surface area contributed by atoms with Gasteiger partial charge in [-0.15, -0.1) is 24.0 Å². The van der Waals surface area contributed by atoms with Crippen LogP contribution in [0.5, 0.6) is 0 Å². The SMILES string of the molecule is CN=C(NCc1ccccc1Cl)N1CCN(C(C)C(F)(F)F)CC1.I. The minimum absolute atomic E-state index is 0. The number of benzene rings is 1. The molecule has 2 rings (SSSR count). The Hall–Kier alpha value is -0.740. The van der Waals surface area contributed by atoms with E-state index in [0.29, 0.717) is 43.7 Å². The number of nitrogens with one attached hydrogen (secondary N) is 1. The van der Waals surface area contributed by atoms with Crippen LogP contribution in [-0.4, -0.2) is 61.2 Å². The third-order valence-corrected chi connectivity index (χ3v) is 4.61. The molecule has 1 heterocycles. The molecule has 1 atom stereocenters. The Labute approximate surface area is 168 Å². The van der Waals surface area contributed by atoms with E-state index in [4.69, 9.17) is 11.6 Å². The highest BCUT2D eigenvalue weighted by Crippen LogP contribution is 2.25. The summed E-state index contributed by atoms with van der Waals surface area (Å²) in [4.78, 5) is 7.65. The van der Waals surface area contributed by atoms with E-state index in [-0.39, 0.29) is 24.0 Å². The number of hydrogen-bond acceptors (Lipinski definition) is 2. The molecular formula is C16H23ClF3IN4. The summed E-state index contributed by atoms with van der Waals surface area (Å²) in [7, 11) is 1.67. The van der Waals surface area contributed by atoms with Gasteiger partial charge in [0.2, 0.25) is 0 Å². The molecule has 0 radical (unpaired) electrons. The fourth-order valence-corrected chi connectivity index (χ4v) is 2.88. The normalized spacial score (nSPS) is 17.8. The number of nitrogens with zero attached hydrogens (tertiary/aromatic N) is 3. The molecule has 1 fully saturated rings. The van der Waals surface area contributed by atoms with Gasteiger partial charge in [0.1, 0.15) is 6.04 Å². The van der Waals surface area contributed by atoms with E-state index in [1.165, 1.54) is 11.8 Å². The molecule has 1 N–H and O–H groups in total. The van der Waals surface area contributed by atoms with Crippen molar-refractivity contribution in [2.24, 2.45) is 4.99 Å². The summed E-state index contributed by atoms with van der Waals surface area (Å²) in [5.74, 6) is 0.675. The van der Waals surface area contributed by atoms with Crippen molar-refractivity contribution >= 4 is 41.5 Å². The Morgan fingerprint density at radius 1 is 1.24 bits per heavy atom. The molecule has 0 aliphatic carbocycles. The quantitative estimate of drug-likeness (QED) is 0.399. The predicted octanol–water partition coefficient (Wildman–Crippen LogP) is 3.60. The second kappa shape index (κ2) is 9.82. The van der Waals surface area contributed by atoms with Crippen molar-refractivity contribution in [2.45, 2.75) is 25.7 Å². The van der Waals surface area contributed by atoms with Crippen LogP contribution in [0.2, 0.25) is 5.02 Å². The number of piperazine rings is 1. The van der Waals surface area contributed by atoms with Gasteiger partial charge in [0.25, 0.3) is 0 Å². The fourth-order valence-electron chi connectivity index (χ4n) is 2.68. The van der Waals surface area contributed by atoms with Crippen molar-refractivity contribution in [1.29, 1.82) is 0 Å². The smallest absolute Gasteiger partial charge is 0.352 e. The summed E-state index contributed by atoms with van der Waals surface area (Å²) in [6.07, 6.45) is -4.19. The van der Waals surface area contributed by atoms with Gasteiger partial charge in [0.15, 0.2) is 5.96 Å². The third-order valence-electron chi connectivity index (χ3n) is 4.24. The number of guanidine groups is 1. The highest BCUT2D eigenvalue weighted by molar-refractivity contribution is 14.0. The molecule has 0 spiro atoms. The molecule has 0 aromatic heterocycles. The van der Waals surface area contributed by atoms with Crippen molar-refractivity contribution in [3.63, 3.8) is 0 Å². The average Bonchev–Trinajstić information content (AvgIpc) is 2.56. The number of alkyl halides is 3. The Bertz CT molecular complexity index is 575. The van der Waals surface area contributed by atoms with Crippen LogP contribution in [0.15, 0.2) is 29.3 Å². The van der Waals surface area contributed by atoms with E-state index in [0.717, 1.165) is 5.56 Å². The Morgan fingerprint density at radius 2 is 1.84 bits per heavy atom. The van der Waals surface area contributed by atoms with Gasteiger partial charge in [-0.3, -0.25) is 9.89 Å². The van der Waals surface area contributed by atoms with E-state index < -0.39 is 12.2 Å². The average molecular weight is 491 g/mol. The highest BCUT2D eigenvalue weighted by atomic mass is 127. The van der Waals surface area contributed by atoms with Gasteiger partial charge in [0.05, 0.1) is 0 Å². The van der Waals surface area contributed by atoms with Crippen molar-refractivity contribution in [3.05, 3.63) is 34.9 Å².